The lowest BCUT2D eigenvalue weighted by atomic mass is 10.2. The Morgan fingerprint density at radius 1 is 1.10 bits per heavy atom. The monoisotopic (exact) mass is 419 g/mol. The van der Waals surface area contributed by atoms with E-state index in [2.05, 4.69) is 39.2 Å². The summed E-state index contributed by atoms with van der Waals surface area (Å²) in [5, 5.41) is 3.41. The highest BCUT2D eigenvalue weighted by atomic mass is 16.5. The molecule has 7 nitrogen and oxygen atoms in total. The fourth-order valence-corrected chi connectivity index (χ4v) is 3.66. The number of nitrogens with one attached hydrogen (secondary N) is 1. The van der Waals surface area contributed by atoms with Crippen molar-refractivity contribution in [2.75, 3.05) is 44.7 Å². The molecule has 0 unspecified atom stereocenters. The van der Waals surface area contributed by atoms with Gasteiger partial charge in [0.1, 0.15) is 17.7 Å². The van der Waals surface area contributed by atoms with Crippen LogP contribution in [0, 0.1) is 0 Å². The first-order chi connectivity index (χ1) is 15.3. The van der Waals surface area contributed by atoms with E-state index < -0.39 is 0 Å². The molecule has 2 heterocycles. The van der Waals surface area contributed by atoms with Crippen LogP contribution in [0.5, 0.6) is 5.75 Å². The molecule has 0 bridgehead atoms. The number of benzene rings is 2. The zero-order valence-electron chi connectivity index (χ0n) is 18.1. The van der Waals surface area contributed by atoms with E-state index in [4.69, 9.17) is 14.1 Å². The predicted molar refractivity (Wildman–Crippen MR) is 124 cm³/mol. The molecule has 3 aromatic rings. The minimum Gasteiger partial charge on any atom is -0.497 e. The van der Waals surface area contributed by atoms with Crippen LogP contribution in [0.2, 0.25) is 0 Å². The number of rotatable bonds is 6. The summed E-state index contributed by atoms with van der Waals surface area (Å²) >= 11 is 0. The molecule has 0 aliphatic carbocycles. The van der Waals surface area contributed by atoms with Gasteiger partial charge < -0.3 is 24.3 Å². The van der Waals surface area contributed by atoms with E-state index in [1.54, 1.807) is 13.4 Å². The molecule has 7 heteroatoms. The maximum absolute atomic E-state index is 5.64. The van der Waals surface area contributed by atoms with Gasteiger partial charge >= 0.3 is 0 Å². The first-order valence-electron chi connectivity index (χ1n) is 10.7. The Hall–Kier alpha value is -3.48. The lowest BCUT2D eigenvalue weighted by Gasteiger charge is -2.37. The number of aromatic nitrogens is 1. The summed E-state index contributed by atoms with van der Waals surface area (Å²) in [6.45, 7) is 7.05. The molecule has 1 aromatic heterocycles. The summed E-state index contributed by atoms with van der Waals surface area (Å²) in [7, 11) is 1.70. The van der Waals surface area contributed by atoms with E-state index in [0.717, 1.165) is 55.7 Å². The molecule has 0 atom stereocenters. The molecule has 4 rings (SSSR count). The minimum atomic E-state index is 0.481. The third-order valence-corrected chi connectivity index (χ3v) is 5.30. The van der Waals surface area contributed by atoms with Gasteiger partial charge in [0.25, 0.3) is 0 Å². The average molecular weight is 420 g/mol. The molecule has 1 N–H and O–H groups in total. The first-order valence-corrected chi connectivity index (χ1v) is 10.7. The highest BCUT2D eigenvalue weighted by Gasteiger charge is 2.20. The van der Waals surface area contributed by atoms with Gasteiger partial charge in [0.05, 0.1) is 13.7 Å². The Bertz CT molecular complexity index is 994. The minimum absolute atomic E-state index is 0.481. The number of piperazine rings is 1. The van der Waals surface area contributed by atoms with Crippen LogP contribution in [0.15, 0.2) is 70.3 Å². The van der Waals surface area contributed by atoms with Crippen molar-refractivity contribution in [2.45, 2.75) is 13.5 Å². The first kappa shape index (κ1) is 20.8. The van der Waals surface area contributed by atoms with Crippen LogP contribution >= 0.6 is 0 Å². The Morgan fingerprint density at radius 3 is 2.65 bits per heavy atom. The summed E-state index contributed by atoms with van der Waals surface area (Å²) in [6.07, 6.45) is 1.69. The van der Waals surface area contributed by atoms with E-state index in [-0.39, 0.29) is 0 Å². The van der Waals surface area contributed by atoms with Gasteiger partial charge in [0, 0.05) is 50.0 Å². The van der Waals surface area contributed by atoms with Crippen LogP contribution < -0.4 is 15.0 Å². The van der Waals surface area contributed by atoms with Gasteiger partial charge in [-0.05, 0) is 31.2 Å². The smallest absolute Gasteiger partial charge is 0.226 e. The lowest BCUT2D eigenvalue weighted by molar-refractivity contribution is 0.372. The Morgan fingerprint density at radius 2 is 1.90 bits per heavy atom. The molecule has 31 heavy (non-hydrogen) atoms. The van der Waals surface area contributed by atoms with Crippen molar-refractivity contribution in [3.63, 3.8) is 0 Å². The lowest BCUT2D eigenvalue weighted by Crippen LogP contribution is -2.52. The molecule has 0 spiro atoms. The normalized spacial score (nSPS) is 14.6. The number of methoxy groups -OCH3 is 1. The quantitative estimate of drug-likeness (QED) is 0.486. The number of oxazole rings is 1. The van der Waals surface area contributed by atoms with Crippen molar-refractivity contribution in [1.82, 2.24) is 15.2 Å². The van der Waals surface area contributed by atoms with E-state index in [1.807, 2.05) is 42.5 Å². The topological polar surface area (TPSA) is 66.1 Å². The fraction of sp³-hybridized carbons (Fsp3) is 0.333. The van der Waals surface area contributed by atoms with Crippen LogP contribution in [-0.2, 0) is 6.54 Å². The molecular weight excluding hydrogens is 390 g/mol. The fourth-order valence-electron chi connectivity index (χ4n) is 3.66. The van der Waals surface area contributed by atoms with Crippen molar-refractivity contribution in [3.05, 3.63) is 66.6 Å². The zero-order chi connectivity index (χ0) is 21.5. The highest BCUT2D eigenvalue weighted by Crippen LogP contribution is 2.22. The number of hydrogen-bond donors (Lipinski definition) is 1. The van der Waals surface area contributed by atoms with Gasteiger partial charge in [-0.2, -0.15) is 0 Å². The molecule has 162 valence electrons. The SMILES string of the molecule is CCNC(=NCc1coc(-c2ccccc2)n1)N1CCN(c2cccc(OC)c2)CC1. The maximum atomic E-state index is 5.64. The number of ether oxygens (including phenoxy) is 1. The summed E-state index contributed by atoms with van der Waals surface area (Å²) in [6, 6.07) is 18.1. The second-order valence-electron chi connectivity index (χ2n) is 7.36. The van der Waals surface area contributed by atoms with Gasteiger partial charge in [-0.3, -0.25) is 0 Å². The van der Waals surface area contributed by atoms with Crippen LogP contribution in [0.3, 0.4) is 0 Å². The zero-order valence-corrected chi connectivity index (χ0v) is 18.1. The number of hydrogen-bond acceptors (Lipinski definition) is 5. The van der Waals surface area contributed by atoms with Gasteiger partial charge in [-0.25, -0.2) is 9.98 Å². The second-order valence-corrected chi connectivity index (χ2v) is 7.36. The van der Waals surface area contributed by atoms with E-state index in [1.165, 1.54) is 5.69 Å². The van der Waals surface area contributed by atoms with Crippen LogP contribution in [0.4, 0.5) is 5.69 Å². The summed E-state index contributed by atoms with van der Waals surface area (Å²) in [4.78, 5) is 14.1. The molecule has 0 saturated carbocycles. The third kappa shape index (κ3) is 5.17. The molecule has 1 saturated heterocycles. The molecule has 2 aromatic carbocycles. The molecule has 1 fully saturated rings. The molecule has 1 aliphatic rings. The standard InChI is InChI=1S/C24H29N5O2/c1-3-25-24(26-17-20-18-31-23(27-20)19-8-5-4-6-9-19)29-14-12-28(13-15-29)21-10-7-11-22(16-21)30-2/h4-11,16,18H,3,12-15,17H2,1-2H3,(H,25,26). The number of aliphatic imine (C=N–C) groups is 1. The summed E-state index contributed by atoms with van der Waals surface area (Å²) in [5.41, 5.74) is 2.99. The Balaban J connectivity index is 1.39. The average Bonchev–Trinajstić information content (AvgIpc) is 3.32. The van der Waals surface area contributed by atoms with E-state index >= 15 is 0 Å². The summed E-state index contributed by atoms with van der Waals surface area (Å²) < 4.78 is 11.0. The molecule has 0 radical (unpaired) electrons. The van der Waals surface area contributed by atoms with Gasteiger partial charge in [-0.1, -0.05) is 24.3 Å². The third-order valence-electron chi connectivity index (χ3n) is 5.30. The van der Waals surface area contributed by atoms with Crippen LogP contribution in [0.25, 0.3) is 11.5 Å². The van der Waals surface area contributed by atoms with Crippen molar-refractivity contribution in [1.29, 1.82) is 0 Å². The molecule has 1 aliphatic heterocycles. The number of anilines is 1. The van der Waals surface area contributed by atoms with Crippen LogP contribution in [-0.4, -0.2) is 55.7 Å². The van der Waals surface area contributed by atoms with Crippen LogP contribution in [0.1, 0.15) is 12.6 Å². The Labute approximate surface area is 183 Å². The van der Waals surface area contributed by atoms with Gasteiger partial charge in [0.15, 0.2) is 5.96 Å². The van der Waals surface area contributed by atoms with E-state index in [0.29, 0.717) is 12.4 Å². The predicted octanol–water partition coefficient (Wildman–Crippen LogP) is 3.64. The van der Waals surface area contributed by atoms with Crippen molar-refractivity contribution < 1.29 is 9.15 Å². The van der Waals surface area contributed by atoms with Gasteiger partial charge in [0.2, 0.25) is 5.89 Å². The Kier molecular flexibility index (Phi) is 6.72. The summed E-state index contributed by atoms with van der Waals surface area (Å²) in [5.74, 6) is 2.43. The largest absolute Gasteiger partial charge is 0.497 e. The molecular formula is C24H29N5O2. The van der Waals surface area contributed by atoms with Crippen molar-refractivity contribution >= 4 is 11.6 Å². The number of guanidine groups is 1. The van der Waals surface area contributed by atoms with Gasteiger partial charge in [-0.15, -0.1) is 0 Å². The highest BCUT2D eigenvalue weighted by molar-refractivity contribution is 5.80. The molecule has 0 amide bonds. The van der Waals surface area contributed by atoms with E-state index in [9.17, 15) is 0 Å². The second kappa shape index (κ2) is 10.0. The van der Waals surface area contributed by atoms with Crippen molar-refractivity contribution in [3.8, 4) is 17.2 Å². The van der Waals surface area contributed by atoms with Crippen molar-refractivity contribution in [2.24, 2.45) is 4.99 Å². The maximum Gasteiger partial charge on any atom is 0.226 e. The number of nitrogens with zero attached hydrogens (tertiary/aromatic N) is 4.